The minimum atomic E-state index is 0.308. The summed E-state index contributed by atoms with van der Waals surface area (Å²) in [6.07, 6.45) is 18.2. The van der Waals surface area contributed by atoms with Gasteiger partial charge in [-0.1, -0.05) is 39.0 Å². The number of pyridine rings is 1. The van der Waals surface area contributed by atoms with Gasteiger partial charge in [0.2, 0.25) is 5.91 Å². The molecule has 2 aliphatic rings. The van der Waals surface area contributed by atoms with Crippen LogP contribution in [0.15, 0.2) is 18.5 Å². The van der Waals surface area contributed by atoms with Crippen molar-refractivity contribution in [2.75, 3.05) is 6.54 Å². The first-order valence-electron chi connectivity index (χ1n) is 12.8. The molecule has 4 rings (SSSR count). The lowest BCUT2D eigenvalue weighted by Crippen LogP contribution is -2.41. The molecule has 2 fully saturated rings. The topological polar surface area (TPSA) is 51.0 Å². The zero-order valence-electron chi connectivity index (χ0n) is 19.6. The van der Waals surface area contributed by atoms with E-state index in [2.05, 4.69) is 34.4 Å². The molecule has 2 aromatic rings. The van der Waals surface area contributed by atoms with Gasteiger partial charge in [-0.3, -0.25) is 9.78 Å². The summed E-state index contributed by atoms with van der Waals surface area (Å²) >= 11 is 0. The van der Waals surface area contributed by atoms with E-state index in [4.69, 9.17) is 4.98 Å². The first kappa shape index (κ1) is 22.3. The monoisotopic (exact) mass is 424 g/mol. The molecule has 5 nitrogen and oxygen atoms in total. The van der Waals surface area contributed by atoms with Gasteiger partial charge in [0, 0.05) is 37.7 Å². The van der Waals surface area contributed by atoms with Gasteiger partial charge in [0.15, 0.2) is 0 Å². The van der Waals surface area contributed by atoms with Crippen molar-refractivity contribution < 1.29 is 4.79 Å². The van der Waals surface area contributed by atoms with Crippen molar-refractivity contribution >= 4 is 16.9 Å². The van der Waals surface area contributed by atoms with Crippen molar-refractivity contribution in [3.63, 3.8) is 0 Å². The number of carbonyl (C=O) groups is 1. The number of rotatable bonds is 8. The molecule has 0 N–H and O–H groups in total. The summed E-state index contributed by atoms with van der Waals surface area (Å²) in [5.41, 5.74) is 2.11. The van der Waals surface area contributed by atoms with E-state index in [9.17, 15) is 4.79 Å². The minimum Gasteiger partial charge on any atom is -0.340 e. The molecule has 0 aromatic carbocycles. The van der Waals surface area contributed by atoms with Gasteiger partial charge in [-0.05, 0) is 57.4 Å². The van der Waals surface area contributed by atoms with Crippen LogP contribution in [0.1, 0.15) is 103 Å². The number of carbonyl (C=O) groups excluding carboxylic acids is 1. The molecule has 0 aliphatic heterocycles. The molecule has 0 bridgehead atoms. The van der Waals surface area contributed by atoms with Crippen molar-refractivity contribution in [3.8, 4) is 0 Å². The zero-order chi connectivity index (χ0) is 21.6. The van der Waals surface area contributed by atoms with Crippen molar-refractivity contribution in [3.05, 3.63) is 24.3 Å². The predicted molar refractivity (Wildman–Crippen MR) is 126 cm³/mol. The highest BCUT2D eigenvalue weighted by Crippen LogP contribution is 2.38. The van der Waals surface area contributed by atoms with Crippen molar-refractivity contribution in [1.82, 2.24) is 19.4 Å². The fraction of sp³-hybridized carbons (Fsp3) is 0.731. The fourth-order valence-electron chi connectivity index (χ4n) is 6.05. The van der Waals surface area contributed by atoms with E-state index in [0.717, 1.165) is 30.0 Å². The number of hydrogen-bond donors (Lipinski definition) is 0. The first-order valence-corrected chi connectivity index (χ1v) is 12.8. The van der Waals surface area contributed by atoms with Crippen LogP contribution in [0, 0.1) is 5.92 Å². The molecule has 2 aliphatic carbocycles. The molecule has 5 heteroatoms. The summed E-state index contributed by atoms with van der Waals surface area (Å²) in [5.74, 6) is 2.89. The standard InChI is InChI=1S/C26H40N4O/c1-3-8-20-11-13-21(14-12-20)26-28-23-19-27-17-15-24(23)30(26)18-16-25(31)29(4-2)22-9-6-5-7-10-22/h15,17,19-22H,3-14,16,18H2,1-2H3. The summed E-state index contributed by atoms with van der Waals surface area (Å²) in [4.78, 5) is 24.6. The molecule has 2 saturated carbocycles. The Morgan fingerprint density at radius 1 is 1.10 bits per heavy atom. The Hall–Kier alpha value is -1.91. The third-order valence-corrected chi connectivity index (χ3v) is 7.71. The molecule has 0 saturated heterocycles. The quantitative estimate of drug-likeness (QED) is 0.516. The molecule has 170 valence electrons. The number of aryl methyl sites for hydroxylation is 1. The van der Waals surface area contributed by atoms with Crippen LogP contribution >= 0.6 is 0 Å². The van der Waals surface area contributed by atoms with Gasteiger partial charge >= 0.3 is 0 Å². The lowest BCUT2D eigenvalue weighted by molar-refractivity contribution is -0.134. The summed E-state index contributed by atoms with van der Waals surface area (Å²) in [6.45, 7) is 5.98. The highest BCUT2D eigenvalue weighted by Gasteiger charge is 2.28. The van der Waals surface area contributed by atoms with Crippen LogP contribution in [-0.4, -0.2) is 37.9 Å². The molecule has 1 amide bonds. The molecule has 31 heavy (non-hydrogen) atoms. The summed E-state index contributed by atoms with van der Waals surface area (Å²) in [6, 6.07) is 2.51. The normalized spacial score (nSPS) is 22.6. The highest BCUT2D eigenvalue weighted by atomic mass is 16.2. The Morgan fingerprint density at radius 3 is 2.58 bits per heavy atom. The van der Waals surface area contributed by atoms with Gasteiger partial charge in [0.1, 0.15) is 11.3 Å². The molecule has 0 spiro atoms. The zero-order valence-corrected chi connectivity index (χ0v) is 19.6. The van der Waals surface area contributed by atoms with Gasteiger partial charge in [-0.15, -0.1) is 0 Å². The predicted octanol–water partition coefficient (Wildman–Crippen LogP) is 6.08. The SMILES string of the molecule is CCCC1CCC(c2nc3cnccc3n2CCC(=O)N(CC)C2CCCCC2)CC1. The number of nitrogens with zero attached hydrogens (tertiary/aromatic N) is 4. The molecule has 2 heterocycles. The minimum absolute atomic E-state index is 0.308. The molecule has 0 atom stereocenters. The van der Waals surface area contributed by atoms with Gasteiger partial charge in [0.25, 0.3) is 0 Å². The Balaban J connectivity index is 1.49. The molecule has 0 radical (unpaired) electrons. The number of amides is 1. The van der Waals surface area contributed by atoms with Gasteiger partial charge in [-0.2, -0.15) is 0 Å². The van der Waals surface area contributed by atoms with E-state index in [1.807, 2.05) is 12.4 Å². The second kappa shape index (κ2) is 10.6. The lowest BCUT2D eigenvalue weighted by Gasteiger charge is -2.34. The average molecular weight is 425 g/mol. The highest BCUT2D eigenvalue weighted by molar-refractivity contribution is 5.78. The molecular formula is C26H40N4O. The van der Waals surface area contributed by atoms with Gasteiger partial charge in [0.05, 0.1) is 11.7 Å². The molecular weight excluding hydrogens is 384 g/mol. The number of fused-ring (bicyclic) bond motifs is 1. The fourth-order valence-corrected chi connectivity index (χ4v) is 6.05. The second-order valence-corrected chi connectivity index (χ2v) is 9.71. The first-order chi connectivity index (χ1) is 15.2. The Labute approximate surface area is 187 Å². The van der Waals surface area contributed by atoms with Gasteiger partial charge < -0.3 is 9.47 Å². The smallest absolute Gasteiger partial charge is 0.224 e. The van der Waals surface area contributed by atoms with Crippen molar-refractivity contribution in [2.24, 2.45) is 5.92 Å². The van der Waals surface area contributed by atoms with E-state index in [1.165, 1.54) is 76.5 Å². The molecule has 2 aromatic heterocycles. The van der Waals surface area contributed by atoms with Crippen LogP contribution in [0.4, 0.5) is 0 Å². The van der Waals surface area contributed by atoms with E-state index in [1.54, 1.807) is 0 Å². The lowest BCUT2D eigenvalue weighted by atomic mass is 9.79. The summed E-state index contributed by atoms with van der Waals surface area (Å²) in [5, 5.41) is 0. The van der Waals surface area contributed by atoms with E-state index in [-0.39, 0.29) is 0 Å². The van der Waals surface area contributed by atoms with E-state index in [0.29, 0.717) is 24.3 Å². The van der Waals surface area contributed by atoms with E-state index < -0.39 is 0 Å². The maximum absolute atomic E-state index is 13.2. The summed E-state index contributed by atoms with van der Waals surface area (Å²) in [7, 11) is 0. The third-order valence-electron chi connectivity index (χ3n) is 7.71. The van der Waals surface area contributed by atoms with Crippen molar-refractivity contribution in [2.45, 2.75) is 109 Å². The number of aromatic nitrogens is 3. The van der Waals surface area contributed by atoms with Crippen LogP contribution in [0.25, 0.3) is 11.0 Å². The average Bonchev–Trinajstić information content (AvgIpc) is 3.18. The Kier molecular flexibility index (Phi) is 7.62. The van der Waals surface area contributed by atoms with Gasteiger partial charge in [-0.25, -0.2) is 4.98 Å². The van der Waals surface area contributed by atoms with Crippen LogP contribution in [0.5, 0.6) is 0 Å². The number of hydrogen-bond acceptors (Lipinski definition) is 3. The maximum Gasteiger partial charge on any atom is 0.224 e. The largest absolute Gasteiger partial charge is 0.340 e. The number of imidazole rings is 1. The second-order valence-electron chi connectivity index (χ2n) is 9.71. The summed E-state index contributed by atoms with van der Waals surface area (Å²) < 4.78 is 2.34. The van der Waals surface area contributed by atoms with E-state index >= 15 is 0 Å². The van der Waals surface area contributed by atoms with Crippen LogP contribution in [-0.2, 0) is 11.3 Å². The molecule has 0 unspecified atom stereocenters. The Morgan fingerprint density at radius 2 is 1.87 bits per heavy atom. The Bertz CT molecular complexity index is 846. The van der Waals surface area contributed by atoms with Crippen LogP contribution in [0.3, 0.4) is 0 Å². The van der Waals surface area contributed by atoms with Crippen LogP contribution in [0.2, 0.25) is 0 Å². The van der Waals surface area contributed by atoms with Crippen molar-refractivity contribution in [1.29, 1.82) is 0 Å². The maximum atomic E-state index is 13.2. The third kappa shape index (κ3) is 5.12. The van der Waals surface area contributed by atoms with Crippen LogP contribution < -0.4 is 0 Å².